The number of imidazole rings is 1. The van der Waals surface area contributed by atoms with Crippen LogP contribution >= 0.6 is 0 Å². The molecule has 3 rings (SSSR count). The summed E-state index contributed by atoms with van der Waals surface area (Å²) in [5.74, 6) is 1.53. The molecule has 9 heteroatoms. The second kappa shape index (κ2) is 9.65. The van der Waals surface area contributed by atoms with Gasteiger partial charge in [-0.3, -0.25) is 4.79 Å². The van der Waals surface area contributed by atoms with Gasteiger partial charge in [0.15, 0.2) is 0 Å². The van der Waals surface area contributed by atoms with E-state index in [0.29, 0.717) is 24.9 Å². The molecule has 3 aromatic rings. The topological polar surface area (TPSA) is 88.6 Å². The van der Waals surface area contributed by atoms with Gasteiger partial charge in [0, 0.05) is 40.5 Å². The smallest absolute Gasteiger partial charge is 0.242 e. The Bertz CT molecular complexity index is 1130. The van der Waals surface area contributed by atoms with Gasteiger partial charge in [0.2, 0.25) is 15.9 Å². The first-order chi connectivity index (χ1) is 14.7. The van der Waals surface area contributed by atoms with Crippen molar-refractivity contribution in [1.29, 1.82) is 0 Å². The van der Waals surface area contributed by atoms with Crippen LogP contribution in [0.2, 0.25) is 0 Å². The molecule has 0 saturated heterocycles. The van der Waals surface area contributed by atoms with Crippen molar-refractivity contribution in [3.8, 4) is 0 Å². The molecule has 2 aromatic heterocycles. The maximum Gasteiger partial charge on any atom is 0.242 e. The van der Waals surface area contributed by atoms with E-state index in [1.165, 1.54) is 18.4 Å². The molecule has 31 heavy (non-hydrogen) atoms. The molecule has 0 atom stereocenters. The summed E-state index contributed by atoms with van der Waals surface area (Å²) in [4.78, 5) is 19.2. The third kappa shape index (κ3) is 5.16. The number of amides is 1. The molecule has 1 aromatic carbocycles. The Labute approximate surface area is 183 Å². The van der Waals surface area contributed by atoms with Crippen LogP contribution in [0.25, 0.3) is 11.0 Å². The average Bonchev–Trinajstić information content (AvgIpc) is 3.37. The Morgan fingerprint density at radius 1 is 1.19 bits per heavy atom. The largest absolute Gasteiger partial charge is 0.467 e. The number of rotatable bonds is 10. The summed E-state index contributed by atoms with van der Waals surface area (Å²) >= 11 is 0. The summed E-state index contributed by atoms with van der Waals surface area (Å²) < 4.78 is 33.6. The second-order valence-corrected chi connectivity index (χ2v) is 9.95. The number of hydrogen-bond donors (Lipinski definition) is 0. The van der Waals surface area contributed by atoms with Crippen LogP contribution in [-0.4, -0.2) is 54.2 Å². The lowest BCUT2D eigenvalue weighted by Crippen LogP contribution is -2.26. The zero-order chi connectivity index (χ0) is 22.6. The van der Waals surface area contributed by atoms with Gasteiger partial charge < -0.3 is 13.9 Å². The number of aromatic nitrogens is 2. The van der Waals surface area contributed by atoms with E-state index in [0.717, 1.165) is 36.5 Å². The van der Waals surface area contributed by atoms with Gasteiger partial charge in [0.1, 0.15) is 11.6 Å². The highest BCUT2D eigenvalue weighted by molar-refractivity contribution is 7.89. The maximum absolute atomic E-state index is 12.6. The molecule has 0 spiro atoms. The molecule has 0 bridgehead atoms. The van der Waals surface area contributed by atoms with Crippen LogP contribution in [0.4, 0.5) is 0 Å². The average molecular weight is 447 g/mol. The van der Waals surface area contributed by atoms with Crippen molar-refractivity contribution in [2.24, 2.45) is 0 Å². The Balaban J connectivity index is 1.83. The Hall–Kier alpha value is -2.65. The number of nitrogens with zero attached hydrogens (tertiary/aromatic N) is 4. The standard InChI is InChI=1S/C22H30N4O4S/c1-5-6-13-26-20-10-9-18(31(28,29)24(2)3)15-19(20)23-21(26)11-12-22(27)25(4)16-17-8-7-14-30-17/h7-10,14-15H,5-6,11-13,16H2,1-4H3. The first-order valence-corrected chi connectivity index (χ1v) is 11.9. The van der Waals surface area contributed by atoms with Gasteiger partial charge in [-0.25, -0.2) is 17.7 Å². The number of hydrogen-bond acceptors (Lipinski definition) is 5. The molecular formula is C22H30N4O4S. The lowest BCUT2D eigenvalue weighted by Gasteiger charge is -2.16. The van der Waals surface area contributed by atoms with Gasteiger partial charge in [-0.15, -0.1) is 0 Å². The minimum Gasteiger partial charge on any atom is -0.467 e. The molecule has 0 unspecified atom stereocenters. The highest BCUT2D eigenvalue weighted by Gasteiger charge is 2.20. The van der Waals surface area contributed by atoms with Gasteiger partial charge in [0.05, 0.1) is 28.7 Å². The van der Waals surface area contributed by atoms with E-state index in [-0.39, 0.29) is 10.8 Å². The van der Waals surface area contributed by atoms with Crippen LogP contribution in [0.1, 0.15) is 37.8 Å². The predicted molar refractivity (Wildman–Crippen MR) is 119 cm³/mol. The molecule has 0 aliphatic carbocycles. The number of aryl methyl sites for hydroxylation is 2. The Kier molecular flexibility index (Phi) is 7.17. The van der Waals surface area contributed by atoms with Crippen molar-refractivity contribution in [2.45, 2.75) is 50.6 Å². The van der Waals surface area contributed by atoms with Crippen molar-refractivity contribution in [3.05, 3.63) is 48.2 Å². The quantitative estimate of drug-likeness (QED) is 0.477. The van der Waals surface area contributed by atoms with E-state index in [1.54, 1.807) is 36.4 Å². The van der Waals surface area contributed by atoms with E-state index in [4.69, 9.17) is 9.40 Å². The lowest BCUT2D eigenvalue weighted by molar-refractivity contribution is -0.130. The third-order valence-corrected chi connectivity index (χ3v) is 7.09. The van der Waals surface area contributed by atoms with Gasteiger partial charge in [0.25, 0.3) is 0 Å². The van der Waals surface area contributed by atoms with Crippen molar-refractivity contribution in [3.63, 3.8) is 0 Å². The van der Waals surface area contributed by atoms with Crippen molar-refractivity contribution in [2.75, 3.05) is 21.1 Å². The van der Waals surface area contributed by atoms with Crippen LogP contribution in [0.3, 0.4) is 0 Å². The zero-order valence-corrected chi connectivity index (χ0v) is 19.4. The summed E-state index contributed by atoms with van der Waals surface area (Å²) in [6.07, 6.45) is 4.39. The highest BCUT2D eigenvalue weighted by atomic mass is 32.2. The van der Waals surface area contributed by atoms with Crippen molar-refractivity contribution >= 4 is 27.0 Å². The molecule has 1 amide bonds. The first-order valence-electron chi connectivity index (χ1n) is 10.4. The fraction of sp³-hybridized carbons (Fsp3) is 0.455. The number of carbonyl (C=O) groups is 1. The van der Waals surface area contributed by atoms with Crippen LogP contribution in [0.15, 0.2) is 45.9 Å². The van der Waals surface area contributed by atoms with Gasteiger partial charge in [-0.1, -0.05) is 13.3 Å². The molecule has 0 aliphatic heterocycles. The number of benzene rings is 1. The predicted octanol–water partition coefficient (Wildman–Crippen LogP) is 3.27. The minimum absolute atomic E-state index is 0.00127. The summed E-state index contributed by atoms with van der Waals surface area (Å²) in [6.45, 7) is 3.32. The highest BCUT2D eigenvalue weighted by Crippen LogP contribution is 2.23. The SMILES string of the molecule is CCCCn1c(CCC(=O)N(C)Cc2ccco2)nc2cc(S(=O)(=O)N(C)C)ccc21. The molecule has 0 fully saturated rings. The Morgan fingerprint density at radius 3 is 2.61 bits per heavy atom. The number of furan rings is 1. The maximum atomic E-state index is 12.6. The lowest BCUT2D eigenvalue weighted by atomic mass is 10.2. The van der Waals surface area contributed by atoms with Crippen molar-refractivity contribution in [1.82, 2.24) is 18.8 Å². The van der Waals surface area contributed by atoms with Gasteiger partial charge in [-0.05, 0) is 36.8 Å². The summed E-state index contributed by atoms with van der Waals surface area (Å²) in [7, 11) is 1.24. The minimum atomic E-state index is -3.54. The molecule has 0 aliphatic rings. The summed E-state index contributed by atoms with van der Waals surface area (Å²) in [6, 6.07) is 8.68. The molecule has 0 N–H and O–H groups in total. The van der Waals surface area contributed by atoms with E-state index < -0.39 is 10.0 Å². The molecular weight excluding hydrogens is 416 g/mol. The van der Waals surface area contributed by atoms with Gasteiger partial charge in [-0.2, -0.15) is 0 Å². The van der Waals surface area contributed by atoms with Crippen molar-refractivity contribution < 1.29 is 17.6 Å². The number of unbranched alkanes of at least 4 members (excludes halogenated alkanes) is 1. The normalized spacial score (nSPS) is 12.0. The molecule has 8 nitrogen and oxygen atoms in total. The molecule has 168 valence electrons. The molecule has 0 saturated carbocycles. The van der Waals surface area contributed by atoms with E-state index in [9.17, 15) is 13.2 Å². The van der Waals surface area contributed by atoms with E-state index in [2.05, 4.69) is 11.5 Å². The number of sulfonamides is 1. The number of fused-ring (bicyclic) bond motifs is 1. The number of carbonyl (C=O) groups excluding carboxylic acids is 1. The van der Waals surface area contributed by atoms with Crippen LogP contribution in [-0.2, 0) is 34.3 Å². The van der Waals surface area contributed by atoms with E-state index >= 15 is 0 Å². The zero-order valence-electron chi connectivity index (χ0n) is 18.5. The monoisotopic (exact) mass is 446 g/mol. The van der Waals surface area contributed by atoms with Crippen LogP contribution < -0.4 is 0 Å². The fourth-order valence-electron chi connectivity index (χ4n) is 3.42. The summed E-state index contributed by atoms with van der Waals surface area (Å²) in [5.41, 5.74) is 1.52. The molecule has 0 radical (unpaired) electrons. The Morgan fingerprint density at radius 2 is 1.97 bits per heavy atom. The second-order valence-electron chi connectivity index (χ2n) is 7.80. The van der Waals surface area contributed by atoms with E-state index in [1.807, 2.05) is 12.1 Å². The summed E-state index contributed by atoms with van der Waals surface area (Å²) in [5, 5.41) is 0. The van der Waals surface area contributed by atoms with Crippen LogP contribution in [0, 0.1) is 0 Å². The van der Waals surface area contributed by atoms with Crippen LogP contribution in [0.5, 0.6) is 0 Å². The van der Waals surface area contributed by atoms with Gasteiger partial charge >= 0.3 is 0 Å². The molecule has 2 heterocycles. The first kappa shape index (κ1) is 23.0. The third-order valence-electron chi connectivity index (χ3n) is 5.27. The fourth-order valence-corrected chi connectivity index (χ4v) is 4.34.